The van der Waals surface area contributed by atoms with Gasteiger partial charge in [0, 0.05) is 5.92 Å². The van der Waals surface area contributed by atoms with E-state index in [1.807, 2.05) is 0 Å². The van der Waals surface area contributed by atoms with Crippen molar-refractivity contribution in [2.45, 2.75) is 78.1 Å². The normalized spacial score (nSPS) is 10.9. The molecule has 0 saturated carbocycles. The second kappa shape index (κ2) is 11.7. The molecule has 0 fully saturated rings. The SMILES string of the molecule is CCCCCCC([C]=O)CCCCCC. The Bertz CT molecular complexity index is 119. The average Bonchev–Trinajstić information content (AvgIpc) is 2.27. The Labute approximate surface area is 95.6 Å². The van der Waals surface area contributed by atoms with Crippen LogP contribution in [0.4, 0.5) is 0 Å². The van der Waals surface area contributed by atoms with Crippen LogP contribution in [0.5, 0.6) is 0 Å². The highest BCUT2D eigenvalue weighted by molar-refractivity contribution is 5.54. The van der Waals surface area contributed by atoms with Crippen molar-refractivity contribution in [3.8, 4) is 0 Å². The molecular formula is C14H27O. The van der Waals surface area contributed by atoms with Gasteiger partial charge in [-0.05, 0) is 12.8 Å². The molecule has 1 radical (unpaired) electrons. The van der Waals surface area contributed by atoms with E-state index in [1.165, 1.54) is 51.4 Å². The third kappa shape index (κ3) is 9.96. The highest BCUT2D eigenvalue weighted by Gasteiger charge is 2.07. The van der Waals surface area contributed by atoms with E-state index in [1.54, 1.807) is 0 Å². The van der Waals surface area contributed by atoms with Crippen molar-refractivity contribution in [2.75, 3.05) is 0 Å². The lowest BCUT2D eigenvalue weighted by Crippen LogP contribution is -2.01. The molecule has 0 rings (SSSR count). The summed E-state index contributed by atoms with van der Waals surface area (Å²) in [5.74, 6) is 0.221. The summed E-state index contributed by atoms with van der Waals surface area (Å²) in [4.78, 5) is 10.7. The molecule has 0 amide bonds. The zero-order valence-electron chi connectivity index (χ0n) is 10.6. The van der Waals surface area contributed by atoms with Crippen LogP contribution in [0.2, 0.25) is 0 Å². The molecule has 0 spiro atoms. The molecule has 0 heterocycles. The Morgan fingerprint density at radius 2 is 1.27 bits per heavy atom. The Kier molecular flexibility index (Phi) is 11.5. The topological polar surface area (TPSA) is 17.1 Å². The molecule has 0 aliphatic rings. The lowest BCUT2D eigenvalue weighted by Gasteiger charge is -2.08. The maximum atomic E-state index is 10.7. The summed E-state index contributed by atoms with van der Waals surface area (Å²) < 4.78 is 0. The van der Waals surface area contributed by atoms with Crippen LogP contribution in [0, 0.1) is 5.92 Å². The monoisotopic (exact) mass is 211 g/mol. The minimum absolute atomic E-state index is 0.221. The van der Waals surface area contributed by atoms with Crippen molar-refractivity contribution < 1.29 is 4.79 Å². The number of hydrogen-bond acceptors (Lipinski definition) is 1. The summed E-state index contributed by atoms with van der Waals surface area (Å²) in [7, 11) is 0. The Morgan fingerprint density at radius 3 is 1.60 bits per heavy atom. The van der Waals surface area contributed by atoms with Gasteiger partial charge in [0.05, 0.1) is 0 Å². The van der Waals surface area contributed by atoms with Gasteiger partial charge in [-0.25, -0.2) is 0 Å². The first-order valence-electron chi connectivity index (χ1n) is 6.72. The van der Waals surface area contributed by atoms with E-state index < -0.39 is 0 Å². The van der Waals surface area contributed by atoms with Crippen LogP contribution in [-0.4, -0.2) is 6.29 Å². The van der Waals surface area contributed by atoms with Gasteiger partial charge in [0.15, 0.2) is 0 Å². The summed E-state index contributed by atoms with van der Waals surface area (Å²) in [6, 6.07) is 0. The first kappa shape index (κ1) is 14.7. The fourth-order valence-electron chi connectivity index (χ4n) is 1.90. The van der Waals surface area contributed by atoms with Crippen LogP contribution >= 0.6 is 0 Å². The smallest absolute Gasteiger partial charge is 0.201 e. The van der Waals surface area contributed by atoms with Crippen molar-refractivity contribution in [1.29, 1.82) is 0 Å². The van der Waals surface area contributed by atoms with Crippen LogP contribution in [0.15, 0.2) is 0 Å². The van der Waals surface area contributed by atoms with Crippen molar-refractivity contribution in [3.05, 3.63) is 0 Å². The van der Waals surface area contributed by atoms with Gasteiger partial charge in [-0.3, -0.25) is 4.79 Å². The number of rotatable bonds is 11. The molecule has 0 aliphatic heterocycles. The largest absolute Gasteiger partial charge is 0.291 e. The quantitative estimate of drug-likeness (QED) is 0.454. The van der Waals surface area contributed by atoms with E-state index in [-0.39, 0.29) is 5.92 Å². The molecule has 0 saturated heterocycles. The second-order valence-corrected chi connectivity index (χ2v) is 4.51. The number of hydrogen-bond donors (Lipinski definition) is 0. The molecular weight excluding hydrogens is 184 g/mol. The summed E-state index contributed by atoms with van der Waals surface area (Å²) in [5, 5.41) is 0. The van der Waals surface area contributed by atoms with E-state index in [2.05, 4.69) is 20.1 Å². The van der Waals surface area contributed by atoms with Crippen LogP contribution < -0.4 is 0 Å². The van der Waals surface area contributed by atoms with E-state index >= 15 is 0 Å². The number of carbonyl (C=O) groups excluding carboxylic acids is 1. The van der Waals surface area contributed by atoms with Crippen LogP contribution in [0.1, 0.15) is 78.1 Å². The molecule has 0 atom stereocenters. The van der Waals surface area contributed by atoms with E-state index in [9.17, 15) is 4.79 Å². The van der Waals surface area contributed by atoms with Gasteiger partial charge in [0.2, 0.25) is 6.29 Å². The van der Waals surface area contributed by atoms with Gasteiger partial charge < -0.3 is 0 Å². The maximum absolute atomic E-state index is 10.7. The first-order valence-corrected chi connectivity index (χ1v) is 6.72. The minimum atomic E-state index is 0.221. The molecule has 0 aliphatic carbocycles. The molecule has 1 nitrogen and oxygen atoms in total. The van der Waals surface area contributed by atoms with Gasteiger partial charge in [0.1, 0.15) is 0 Å². The molecule has 15 heavy (non-hydrogen) atoms. The van der Waals surface area contributed by atoms with Crippen LogP contribution in [-0.2, 0) is 4.79 Å². The Balaban J connectivity index is 3.34. The third-order valence-electron chi connectivity index (χ3n) is 2.98. The lowest BCUT2D eigenvalue weighted by molar-refractivity contribution is 0.455. The van der Waals surface area contributed by atoms with Crippen molar-refractivity contribution >= 4 is 6.29 Å². The zero-order chi connectivity index (χ0) is 11.4. The average molecular weight is 211 g/mol. The highest BCUT2D eigenvalue weighted by Crippen LogP contribution is 2.16. The van der Waals surface area contributed by atoms with Gasteiger partial charge in [-0.15, -0.1) is 0 Å². The van der Waals surface area contributed by atoms with Gasteiger partial charge >= 0.3 is 0 Å². The molecule has 89 valence electrons. The molecule has 0 aromatic rings. The molecule has 0 N–H and O–H groups in total. The molecule has 0 aromatic carbocycles. The van der Waals surface area contributed by atoms with Gasteiger partial charge in [-0.2, -0.15) is 0 Å². The fourth-order valence-corrected chi connectivity index (χ4v) is 1.90. The molecule has 0 aromatic heterocycles. The summed E-state index contributed by atoms with van der Waals surface area (Å²) in [5.41, 5.74) is 0. The lowest BCUT2D eigenvalue weighted by atomic mass is 9.96. The highest BCUT2D eigenvalue weighted by atomic mass is 16.1. The predicted octanol–water partition coefficient (Wildman–Crippen LogP) is 4.65. The zero-order valence-corrected chi connectivity index (χ0v) is 10.6. The fraction of sp³-hybridized carbons (Fsp3) is 0.929. The van der Waals surface area contributed by atoms with Gasteiger partial charge in [0.25, 0.3) is 0 Å². The number of unbranched alkanes of at least 4 members (excludes halogenated alkanes) is 6. The summed E-state index contributed by atoms with van der Waals surface area (Å²) in [6.07, 6.45) is 14.5. The molecule has 0 bridgehead atoms. The summed E-state index contributed by atoms with van der Waals surface area (Å²) in [6.45, 7) is 4.43. The Morgan fingerprint density at radius 1 is 0.800 bits per heavy atom. The van der Waals surface area contributed by atoms with Crippen LogP contribution in [0.3, 0.4) is 0 Å². The minimum Gasteiger partial charge on any atom is -0.291 e. The predicted molar refractivity (Wildman–Crippen MR) is 66.7 cm³/mol. The standard InChI is InChI=1S/C14H27O/c1-3-5-7-9-11-14(13-15)12-10-8-6-4-2/h14H,3-12H2,1-2H3. The van der Waals surface area contributed by atoms with E-state index in [4.69, 9.17) is 0 Å². The summed E-state index contributed by atoms with van der Waals surface area (Å²) >= 11 is 0. The van der Waals surface area contributed by atoms with Gasteiger partial charge in [-0.1, -0.05) is 65.2 Å². The molecule has 1 heteroatoms. The second-order valence-electron chi connectivity index (χ2n) is 4.51. The Hall–Kier alpha value is -0.330. The van der Waals surface area contributed by atoms with Crippen molar-refractivity contribution in [3.63, 3.8) is 0 Å². The maximum Gasteiger partial charge on any atom is 0.201 e. The molecule has 0 unspecified atom stereocenters. The third-order valence-corrected chi connectivity index (χ3v) is 2.98. The first-order chi connectivity index (χ1) is 7.35. The van der Waals surface area contributed by atoms with Crippen molar-refractivity contribution in [1.82, 2.24) is 0 Å². The van der Waals surface area contributed by atoms with Crippen LogP contribution in [0.25, 0.3) is 0 Å². The van der Waals surface area contributed by atoms with E-state index in [0.717, 1.165) is 12.8 Å². The van der Waals surface area contributed by atoms with Crippen molar-refractivity contribution in [2.24, 2.45) is 5.92 Å². The van der Waals surface area contributed by atoms with E-state index in [0.29, 0.717) is 0 Å².